The van der Waals surface area contributed by atoms with E-state index in [1.54, 1.807) is 6.07 Å². The molecule has 0 heterocycles. The zero-order valence-electron chi connectivity index (χ0n) is 8.87. The van der Waals surface area contributed by atoms with E-state index >= 15 is 0 Å². The van der Waals surface area contributed by atoms with Gasteiger partial charge in [0, 0.05) is 4.47 Å². The molecule has 90 valence electrons. The highest BCUT2D eigenvalue weighted by molar-refractivity contribution is 9.10. The van der Waals surface area contributed by atoms with Crippen LogP contribution in [0.25, 0.3) is 0 Å². The molecule has 0 aliphatic rings. The van der Waals surface area contributed by atoms with Gasteiger partial charge in [0.1, 0.15) is 0 Å². The molecule has 0 saturated heterocycles. The standard InChI is InChI=1S/C11H13BrF3N/c1-2-16-4-3-8-5-9(11(13,14)15)7-10(12)6-8/h5-7,16H,2-4H2,1H3. The molecule has 0 unspecified atom stereocenters. The third-order valence-corrected chi connectivity index (χ3v) is 2.58. The van der Waals surface area contributed by atoms with E-state index in [1.807, 2.05) is 6.92 Å². The quantitative estimate of drug-likeness (QED) is 0.837. The van der Waals surface area contributed by atoms with E-state index in [4.69, 9.17) is 0 Å². The number of halogens is 4. The summed E-state index contributed by atoms with van der Waals surface area (Å²) in [5.74, 6) is 0. The molecule has 0 aliphatic heterocycles. The van der Waals surface area contributed by atoms with Gasteiger partial charge in [0.05, 0.1) is 5.56 Å². The minimum absolute atomic E-state index is 0.467. The van der Waals surface area contributed by atoms with E-state index in [0.29, 0.717) is 23.0 Å². The molecule has 0 spiro atoms. The Kier molecular flexibility index (Phi) is 4.80. The second kappa shape index (κ2) is 5.68. The van der Waals surface area contributed by atoms with Crippen LogP contribution in [0.3, 0.4) is 0 Å². The maximum absolute atomic E-state index is 12.5. The summed E-state index contributed by atoms with van der Waals surface area (Å²) in [6.45, 7) is 3.46. The van der Waals surface area contributed by atoms with Crippen molar-refractivity contribution in [2.45, 2.75) is 19.5 Å². The third-order valence-electron chi connectivity index (χ3n) is 2.13. The molecule has 5 heteroatoms. The van der Waals surface area contributed by atoms with Crippen molar-refractivity contribution in [2.75, 3.05) is 13.1 Å². The first kappa shape index (κ1) is 13.5. The lowest BCUT2D eigenvalue weighted by Gasteiger charge is -2.10. The lowest BCUT2D eigenvalue weighted by molar-refractivity contribution is -0.137. The van der Waals surface area contributed by atoms with Gasteiger partial charge in [-0.2, -0.15) is 13.2 Å². The predicted molar refractivity (Wildman–Crippen MR) is 61.4 cm³/mol. The Balaban J connectivity index is 2.82. The molecule has 16 heavy (non-hydrogen) atoms. The zero-order valence-corrected chi connectivity index (χ0v) is 10.5. The average molecular weight is 296 g/mol. The van der Waals surface area contributed by atoms with E-state index in [-0.39, 0.29) is 0 Å². The van der Waals surface area contributed by atoms with Gasteiger partial charge >= 0.3 is 6.18 Å². The summed E-state index contributed by atoms with van der Waals surface area (Å²) in [6.07, 6.45) is -3.69. The summed E-state index contributed by atoms with van der Waals surface area (Å²) in [7, 11) is 0. The normalized spacial score (nSPS) is 11.8. The molecule has 0 aliphatic carbocycles. The van der Waals surface area contributed by atoms with Crippen LogP contribution in [-0.2, 0) is 12.6 Å². The highest BCUT2D eigenvalue weighted by atomic mass is 79.9. The number of hydrogen-bond donors (Lipinski definition) is 1. The van der Waals surface area contributed by atoms with Crippen molar-refractivity contribution < 1.29 is 13.2 Å². The van der Waals surface area contributed by atoms with Gasteiger partial charge in [-0.1, -0.05) is 22.9 Å². The van der Waals surface area contributed by atoms with Gasteiger partial charge in [-0.05, 0) is 43.3 Å². The van der Waals surface area contributed by atoms with Crippen LogP contribution < -0.4 is 5.32 Å². The van der Waals surface area contributed by atoms with Crippen molar-refractivity contribution in [1.29, 1.82) is 0 Å². The van der Waals surface area contributed by atoms with Crippen LogP contribution in [0.2, 0.25) is 0 Å². The fourth-order valence-electron chi connectivity index (χ4n) is 1.37. The van der Waals surface area contributed by atoms with E-state index in [2.05, 4.69) is 21.2 Å². The number of hydrogen-bond acceptors (Lipinski definition) is 1. The van der Waals surface area contributed by atoms with Crippen molar-refractivity contribution >= 4 is 15.9 Å². The molecule has 0 radical (unpaired) electrons. The zero-order chi connectivity index (χ0) is 12.2. The molecule has 0 bridgehead atoms. The second-order valence-electron chi connectivity index (χ2n) is 3.45. The predicted octanol–water partition coefficient (Wildman–Crippen LogP) is 3.62. The Morgan fingerprint density at radius 3 is 2.50 bits per heavy atom. The number of alkyl halides is 3. The minimum Gasteiger partial charge on any atom is -0.317 e. The molecule has 1 N–H and O–H groups in total. The van der Waals surface area contributed by atoms with Crippen molar-refractivity contribution in [3.05, 3.63) is 33.8 Å². The Morgan fingerprint density at radius 2 is 1.94 bits per heavy atom. The van der Waals surface area contributed by atoms with Crippen LogP contribution in [0.15, 0.2) is 22.7 Å². The Morgan fingerprint density at radius 1 is 1.25 bits per heavy atom. The van der Waals surface area contributed by atoms with Gasteiger partial charge in [0.25, 0.3) is 0 Å². The average Bonchev–Trinajstić information content (AvgIpc) is 2.16. The smallest absolute Gasteiger partial charge is 0.317 e. The van der Waals surface area contributed by atoms with Crippen LogP contribution in [0.5, 0.6) is 0 Å². The van der Waals surface area contributed by atoms with Crippen molar-refractivity contribution in [3.63, 3.8) is 0 Å². The molecule has 1 nitrogen and oxygen atoms in total. The fourth-order valence-corrected chi connectivity index (χ4v) is 1.91. The summed E-state index contributed by atoms with van der Waals surface area (Å²) in [5, 5.41) is 3.08. The van der Waals surface area contributed by atoms with Gasteiger partial charge in [-0.15, -0.1) is 0 Å². The van der Waals surface area contributed by atoms with Gasteiger partial charge in [0.15, 0.2) is 0 Å². The molecule has 0 fully saturated rings. The van der Waals surface area contributed by atoms with Crippen LogP contribution in [-0.4, -0.2) is 13.1 Å². The lowest BCUT2D eigenvalue weighted by atomic mass is 10.1. The van der Waals surface area contributed by atoms with Crippen LogP contribution in [0, 0.1) is 0 Å². The topological polar surface area (TPSA) is 12.0 Å². The molecular weight excluding hydrogens is 283 g/mol. The van der Waals surface area contributed by atoms with Gasteiger partial charge in [-0.25, -0.2) is 0 Å². The van der Waals surface area contributed by atoms with Crippen molar-refractivity contribution in [1.82, 2.24) is 5.32 Å². The first-order valence-electron chi connectivity index (χ1n) is 5.01. The molecule has 1 aromatic carbocycles. The molecule has 0 amide bonds. The van der Waals surface area contributed by atoms with E-state index < -0.39 is 11.7 Å². The number of benzene rings is 1. The Bertz CT molecular complexity index is 350. The minimum atomic E-state index is -4.28. The fraction of sp³-hybridized carbons (Fsp3) is 0.455. The van der Waals surface area contributed by atoms with E-state index in [1.165, 1.54) is 6.07 Å². The molecule has 1 aromatic rings. The lowest BCUT2D eigenvalue weighted by Crippen LogP contribution is -2.16. The summed E-state index contributed by atoms with van der Waals surface area (Å²) < 4.78 is 38.0. The van der Waals surface area contributed by atoms with E-state index in [0.717, 1.165) is 12.6 Å². The van der Waals surface area contributed by atoms with Crippen molar-refractivity contribution in [2.24, 2.45) is 0 Å². The number of likely N-dealkylation sites (N-methyl/N-ethyl adjacent to an activating group) is 1. The van der Waals surface area contributed by atoms with Crippen LogP contribution in [0.4, 0.5) is 13.2 Å². The maximum Gasteiger partial charge on any atom is 0.416 e. The summed E-state index contributed by atoms with van der Waals surface area (Å²) in [6, 6.07) is 4.01. The van der Waals surface area contributed by atoms with E-state index in [9.17, 15) is 13.2 Å². The molecule has 0 atom stereocenters. The summed E-state index contributed by atoms with van der Waals surface area (Å²) in [4.78, 5) is 0. The Labute approximate surface area is 101 Å². The monoisotopic (exact) mass is 295 g/mol. The summed E-state index contributed by atoms with van der Waals surface area (Å²) in [5.41, 5.74) is 0.0797. The Hall–Kier alpha value is -0.550. The van der Waals surface area contributed by atoms with Gasteiger partial charge in [-0.3, -0.25) is 0 Å². The van der Waals surface area contributed by atoms with Crippen LogP contribution >= 0.6 is 15.9 Å². The third kappa shape index (κ3) is 4.14. The maximum atomic E-state index is 12.5. The van der Waals surface area contributed by atoms with Gasteiger partial charge in [0.2, 0.25) is 0 Å². The van der Waals surface area contributed by atoms with Crippen LogP contribution in [0.1, 0.15) is 18.1 Å². The molecular formula is C11H13BrF3N. The molecule has 0 aromatic heterocycles. The first-order chi connectivity index (χ1) is 7.43. The van der Waals surface area contributed by atoms with Gasteiger partial charge < -0.3 is 5.32 Å². The number of rotatable bonds is 4. The van der Waals surface area contributed by atoms with Crippen molar-refractivity contribution in [3.8, 4) is 0 Å². The summed E-state index contributed by atoms with van der Waals surface area (Å²) >= 11 is 3.09. The highest BCUT2D eigenvalue weighted by Gasteiger charge is 2.30. The largest absolute Gasteiger partial charge is 0.416 e. The SMILES string of the molecule is CCNCCc1cc(Br)cc(C(F)(F)F)c1. The molecule has 0 saturated carbocycles. The molecule has 1 rings (SSSR count). The second-order valence-corrected chi connectivity index (χ2v) is 4.37. The highest BCUT2D eigenvalue weighted by Crippen LogP contribution is 2.32. The first-order valence-corrected chi connectivity index (χ1v) is 5.80. The number of nitrogens with one attached hydrogen (secondary N) is 1.